The second-order valence-corrected chi connectivity index (χ2v) is 3.85. The van der Waals surface area contributed by atoms with Crippen molar-refractivity contribution >= 4 is 5.97 Å². The average molecular weight is 222 g/mol. The molecule has 1 atom stereocenters. The van der Waals surface area contributed by atoms with E-state index in [1.165, 1.54) is 5.56 Å². The number of carbonyl (C=O) groups excluding carboxylic acids is 1. The summed E-state index contributed by atoms with van der Waals surface area (Å²) in [5, 5.41) is 9.67. The lowest BCUT2D eigenvalue weighted by Crippen LogP contribution is -2.18. The lowest BCUT2D eigenvalue weighted by molar-refractivity contribution is -0.145. The van der Waals surface area contributed by atoms with Gasteiger partial charge in [0.1, 0.15) is 0 Å². The summed E-state index contributed by atoms with van der Waals surface area (Å²) in [6, 6.07) is 7.91. The zero-order chi connectivity index (χ0) is 12.0. The minimum Gasteiger partial charge on any atom is -0.466 e. The highest BCUT2D eigenvalue weighted by Gasteiger charge is 2.11. The quantitative estimate of drug-likeness (QED) is 0.773. The molecule has 0 unspecified atom stereocenters. The average Bonchev–Trinajstić information content (AvgIpc) is 2.21. The molecule has 0 bridgehead atoms. The summed E-state index contributed by atoms with van der Waals surface area (Å²) in [6.07, 6.45) is -0.123. The Morgan fingerprint density at radius 2 is 2.00 bits per heavy atom. The molecule has 0 aromatic heterocycles. The van der Waals surface area contributed by atoms with Crippen LogP contribution in [0.4, 0.5) is 0 Å². The van der Waals surface area contributed by atoms with Gasteiger partial charge in [0, 0.05) is 0 Å². The smallest absolute Gasteiger partial charge is 0.308 e. The Labute approximate surface area is 96.1 Å². The number of hydrogen-bond donors (Lipinski definition) is 1. The van der Waals surface area contributed by atoms with E-state index in [1.807, 2.05) is 31.2 Å². The zero-order valence-corrected chi connectivity index (χ0v) is 9.77. The second-order valence-electron chi connectivity index (χ2n) is 3.85. The number of aryl methyl sites for hydroxylation is 1. The molecular formula is C13H18O3. The van der Waals surface area contributed by atoms with E-state index in [-0.39, 0.29) is 12.4 Å². The first-order chi connectivity index (χ1) is 7.61. The summed E-state index contributed by atoms with van der Waals surface area (Å²) in [5.41, 5.74) is 2.21. The molecule has 0 aliphatic rings. The number of benzene rings is 1. The Balaban J connectivity index is 2.42. The third kappa shape index (κ3) is 4.45. The van der Waals surface area contributed by atoms with Crippen molar-refractivity contribution in [3.63, 3.8) is 0 Å². The van der Waals surface area contributed by atoms with Crippen LogP contribution in [0.15, 0.2) is 24.3 Å². The van der Waals surface area contributed by atoms with E-state index < -0.39 is 6.10 Å². The van der Waals surface area contributed by atoms with Crippen LogP contribution in [-0.2, 0) is 16.0 Å². The van der Waals surface area contributed by atoms with E-state index in [0.29, 0.717) is 13.0 Å². The van der Waals surface area contributed by atoms with Gasteiger partial charge in [-0.1, -0.05) is 29.8 Å². The van der Waals surface area contributed by atoms with Gasteiger partial charge in [-0.3, -0.25) is 4.79 Å². The van der Waals surface area contributed by atoms with Crippen molar-refractivity contribution in [1.82, 2.24) is 0 Å². The summed E-state index contributed by atoms with van der Waals surface area (Å²) in [6.45, 7) is 4.12. The predicted octanol–water partition coefficient (Wildman–Crippen LogP) is 1.85. The zero-order valence-electron chi connectivity index (χ0n) is 9.77. The topological polar surface area (TPSA) is 46.5 Å². The summed E-state index contributed by atoms with van der Waals surface area (Å²) in [4.78, 5) is 11.1. The number of aliphatic hydroxyl groups is 1. The van der Waals surface area contributed by atoms with E-state index in [9.17, 15) is 9.90 Å². The maximum atomic E-state index is 11.1. The van der Waals surface area contributed by atoms with Crippen molar-refractivity contribution < 1.29 is 14.6 Å². The first kappa shape index (κ1) is 12.7. The number of aliphatic hydroxyl groups excluding tert-OH is 1. The lowest BCUT2D eigenvalue weighted by Gasteiger charge is -2.09. The standard InChI is InChI=1S/C13H18O3/c1-3-16-13(15)9-12(14)8-11-6-4-10(2)5-7-11/h4-7,12,14H,3,8-9H2,1-2H3/t12-/m1/s1. The van der Waals surface area contributed by atoms with Gasteiger partial charge >= 0.3 is 5.97 Å². The van der Waals surface area contributed by atoms with Crippen molar-refractivity contribution in [3.05, 3.63) is 35.4 Å². The third-order valence-corrected chi connectivity index (χ3v) is 2.30. The summed E-state index contributed by atoms with van der Waals surface area (Å²) in [7, 11) is 0. The van der Waals surface area contributed by atoms with E-state index >= 15 is 0 Å². The Morgan fingerprint density at radius 1 is 1.38 bits per heavy atom. The minimum absolute atomic E-state index is 0.0573. The Kier molecular flexibility index (Phi) is 4.99. The molecule has 0 saturated carbocycles. The molecule has 88 valence electrons. The summed E-state index contributed by atoms with van der Waals surface area (Å²) < 4.78 is 4.77. The maximum absolute atomic E-state index is 11.1. The molecule has 1 N–H and O–H groups in total. The highest BCUT2D eigenvalue weighted by molar-refractivity contribution is 5.69. The number of hydrogen-bond acceptors (Lipinski definition) is 3. The summed E-state index contributed by atoms with van der Waals surface area (Å²) in [5.74, 6) is -0.345. The molecule has 0 aliphatic carbocycles. The highest BCUT2D eigenvalue weighted by atomic mass is 16.5. The van der Waals surface area contributed by atoms with Crippen LogP contribution in [0, 0.1) is 6.92 Å². The van der Waals surface area contributed by atoms with Gasteiger partial charge in [-0.05, 0) is 25.8 Å². The van der Waals surface area contributed by atoms with E-state index in [4.69, 9.17) is 4.74 Å². The van der Waals surface area contributed by atoms with Gasteiger partial charge in [-0.25, -0.2) is 0 Å². The molecule has 0 radical (unpaired) electrons. The molecule has 0 amide bonds. The Hall–Kier alpha value is -1.35. The number of rotatable bonds is 5. The van der Waals surface area contributed by atoms with E-state index in [2.05, 4.69) is 0 Å². The van der Waals surface area contributed by atoms with Gasteiger partial charge in [0.2, 0.25) is 0 Å². The van der Waals surface area contributed by atoms with E-state index in [1.54, 1.807) is 6.92 Å². The molecule has 0 spiro atoms. The molecule has 16 heavy (non-hydrogen) atoms. The van der Waals surface area contributed by atoms with Crippen LogP contribution in [0.3, 0.4) is 0 Å². The SMILES string of the molecule is CCOC(=O)C[C@H](O)Cc1ccc(C)cc1. The maximum Gasteiger partial charge on any atom is 0.308 e. The molecule has 1 aromatic carbocycles. The van der Waals surface area contributed by atoms with Gasteiger partial charge in [0.15, 0.2) is 0 Å². The largest absolute Gasteiger partial charge is 0.466 e. The monoisotopic (exact) mass is 222 g/mol. The Bertz CT molecular complexity index is 330. The molecule has 1 rings (SSSR count). The van der Waals surface area contributed by atoms with Crippen LogP contribution in [0.5, 0.6) is 0 Å². The van der Waals surface area contributed by atoms with Gasteiger partial charge < -0.3 is 9.84 Å². The minimum atomic E-state index is -0.665. The van der Waals surface area contributed by atoms with E-state index in [0.717, 1.165) is 5.56 Å². The molecule has 0 aliphatic heterocycles. The van der Waals surface area contributed by atoms with Crippen molar-refractivity contribution in [2.24, 2.45) is 0 Å². The van der Waals surface area contributed by atoms with Crippen molar-refractivity contribution in [2.75, 3.05) is 6.61 Å². The van der Waals surface area contributed by atoms with Crippen LogP contribution in [-0.4, -0.2) is 23.8 Å². The number of carbonyl (C=O) groups is 1. The predicted molar refractivity (Wildman–Crippen MR) is 62.1 cm³/mol. The van der Waals surface area contributed by atoms with Crippen molar-refractivity contribution in [3.8, 4) is 0 Å². The third-order valence-electron chi connectivity index (χ3n) is 2.30. The molecule has 3 heteroatoms. The van der Waals surface area contributed by atoms with Crippen LogP contribution in [0.1, 0.15) is 24.5 Å². The Morgan fingerprint density at radius 3 is 2.56 bits per heavy atom. The first-order valence-corrected chi connectivity index (χ1v) is 5.51. The fraction of sp³-hybridized carbons (Fsp3) is 0.462. The van der Waals surface area contributed by atoms with Gasteiger partial charge in [-0.15, -0.1) is 0 Å². The molecule has 0 heterocycles. The van der Waals surface area contributed by atoms with Gasteiger partial charge in [-0.2, -0.15) is 0 Å². The van der Waals surface area contributed by atoms with Crippen molar-refractivity contribution in [1.29, 1.82) is 0 Å². The molecule has 1 aromatic rings. The van der Waals surface area contributed by atoms with Crippen LogP contribution < -0.4 is 0 Å². The normalized spacial score (nSPS) is 12.2. The van der Waals surface area contributed by atoms with Crippen molar-refractivity contribution in [2.45, 2.75) is 32.8 Å². The second kappa shape index (κ2) is 6.28. The first-order valence-electron chi connectivity index (χ1n) is 5.51. The van der Waals surface area contributed by atoms with Gasteiger partial charge in [0.25, 0.3) is 0 Å². The van der Waals surface area contributed by atoms with Crippen LogP contribution in [0.25, 0.3) is 0 Å². The van der Waals surface area contributed by atoms with Gasteiger partial charge in [0.05, 0.1) is 19.1 Å². The number of ether oxygens (including phenoxy) is 1. The molecule has 0 saturated heterocycles. The highest BCUT2D eigenvalue weighted by Crippen LogP contribution is 2.08. The fourth-order valence-corrected chi connectivity index (χ4v) is 1.48. The molecule has 3 nitrogen and oxygen atoms in total. The fourth-order valence-electron chi connectivity index (χ4n) is 1.48. The lowest BCUT2D eigenvalue weighted by atomic mass is 10.0. The summed E-state index contributed by atoms with van der Waals surface area (Å²) >= 11 is 0. The number of esters is 1. The molecular weight excluding hydrogens is 204 g/mol. The molecule has 0 fully saturated rings. The van der Waals surface area contributed by atoms with Crippen LogP contribution >= 0.6 is 0 Å². The van der Waals surface area contributed by atoms with Crippen LogP contribution in [0.2, 0.25) is 0 Å².